The summed E-state index contributed by atoms with van der Waals surface area (Å²) >= 11 is 3.53. The molecule has 1 aromatic heterocycles. The van der Waals surface area contributed by atoms with E-state index in [0.29, 0.717) is 0 Å². The fourth-order valence-corrected chi connectivity index (χ4v) is 4.28. The Balaban J connectivity index is 1.81. The number of aryl methyl sites for hydroxylation is 1. The maximum Gasteiger partial charge on any atom is 0.255 e. The summed E-state index contributed by atoms with van der Waals surface area (Å²) in [5, 5.41) is 5.34. The number of hydrogen-bond donors (Lipinski definition) is 0. The predicted octanol–water partition coefficient (Wildman–Crippen LogP) is 4.93. The number of ether oxygens (including phenoxy) is 1. The molecule has 0 N–H and O–H groups in total. The molecule has 0 radical (unpaired) electrons. The zero-order valence-electron chi connectivity index (χ0n) is 12.3. The van der Waals surface area contributed by atoms with Gasteiger partial charge in [-0.15, -0.1) is 0 Å². The van der Waals surface area contributed by atoms with Gasteiger partial charge in [0, 0.05) is 22.9 Å². The first-order chi connectivity index (χ1) is 10.5. The zero-order chi connectivity index (χ0) is 15.5. The van der Waals surface area contributed by atoms with Crippen molar-refractivity contribution in [2.75, 3.05) is 6.61 Å². The molecule has 1 aliphatic heterocycles. The Morgan fingerprint density at radius 1 is 1.41 bits per heavy atom. The van der Waals surface area contributed by atoms with Gasteiger partial charge in [-0.3, -0.25) is 0 Å². The van der Waals surface area contributed by atoms with E-state index in [4.69, 9.17) is 4.74 Å². The van der Waals surface area contributed by atoms with Crippen molar-refractivity contribution in [3.8, 4) is 0 Å². The number of halogens is 3. The van der Waals surface area contributed by atoms with Crippen molar-refractivity contribution in [2.45, 2.75) is 50.7 Å². The smallest absolute Gasteiger partial charge is 0.255 e. The Bertz CT molecular complexity index is 737. The minimum Gasteiger partial charge on any atom is -0.356 e. The SMILES string of the molecule is Cc1cc2c(cnn2C2CCCCO2)c(Br)c1C1CC1(F)F. The van der Waals surface area contributed by atoms with Gasteiger partial charge in [0.2, 0.25) is 0 Å². The molecular formula is C16H17BrF2N2O. The summed E-state index contributed by atoms with van der Waals surface area (Å²) in [5.74, 6) is -3.23. The van der Waals surface area contributed by atoms with E-state index in [1.165, 1.54) is 0 Å². The molecule has 2 aliphatic rings. The van der Waals surface area contributed by atoms with E-state index in [-0.39, 0.29) is 12.6 Å². The lowest BCUT2D eigenvalue weighted by atomic mass is 10.0. The Labute approximate surface area is 135 Å². The molecule has 2 fully saturated rings. The average molecular weight is 371 g/mol. The Morgan fingerprint density at radius 3 is 2.82 bits per heavy atom. The quantitative estimate of drug-likeness (QED) is 0.749. The molecule has 1 saturated carbocycles. The number of alkyl halides is 2. The second-order valence-electron chi connectivity index (χ2n) is 6.28. The summed E-state index contributed by atoms with van der Waals surface area (Å²) < 4.78 is 35.4. The van der Waals surface area contributed by atoms with E-state index in [9.17, 15) is 8.78 Å². The monoisotopic (exact) mass is 370 g/mol. The maximum absolute atomic E-state index is 13.5. The molecular weight excluding hydrogens is 354 g/mol. The predicted molar refractivity (Wildman–Crippen MR) is 83.3 cm³/mol. The maximum atomic E-state index is 13.5. The average Bonchev–Trinajstić information content (AvgIpc) is 2.93. The van der Waals surface area contributed by atoms with Crippen LogP contribution in [0.2, 0.25) is 0 Å². The zero-order valence-corrected chi connectivity index (χ0v) is 13.9. The first kappa shape index (κ1) is 14.6. The van der Waals surface area contributed by atoms with Crippen LogP contribution in [-0.4, -0.2) is 22.3 Å². The Morgan fingerprint density at radius 2 is 2.18 bits per heavy atom. The van der Waals surface area contributed by atoms with Crippen LogP contribution in [0, 0.1) is 6.92 Å². The molecule has 2 aromatic rings. The molecule has 2 atom stereocenters. The molecule has 0 amide bonds. The summed E-state index contributed by atoms with van der Waals surface area (Å²) in [6, 6.07) is 1.97. The normalized spacial score (nSPS) is 27.3. The van der Waals surface area contributed by atoms with E-state index in [0.717, 1.165) is 52.4 Å². The highest BCUT2D eigenvalue weighted by Crippen LogP contribution is 2.58. The van der Waals surface area contributed by atoms with E-state index < -0.39 is 11.8 Å². The molecule has 6 heteroatoms. The van der Waals surface area contributed by atoms with Gasteiger partial charge in [0.15, 0.2) is 6.23 Å². The largest absolute Gasteiger partial charge is 0.356 e. The lowest BCUT2D eigenvalue weighted by Crippen LogP contribution is -2.19. The van der Waals surface area contributed by atoms with Gasteiger partial charge in [-0.25, -0.2) is 13.5 Å². The first-order valence-corrected chi connectivity index (χ1v) is 8.44. The van der Waals surface area contributed by atoms with Gasteiger partial charge in [-0.2, -0.15) is 5.10 Å². The molecule has 4 rings (SSSR count). The highest BCUT2D eigenvalue weighted by molar-refractivity contribution is 9.10. The van der Waals surface area contributed by atoms with Crippen molar-refractivity contribution in [1.82, 2.24) is 9.78 Å². The summed E-state index contributed by atoms with van der Waals surface area (Å²) in [6.07, 6.45) is 4.79. The Kier molecular flexibility index (Phi) is 3.31. The van der Waals surface area contributed by atoms with Crippen LogP contribution in [0.5, 0.6) is 0 Å². The fraction of sp³-hybridized carbons (Fsp3) is 0.562. The van der Waals surface area contributed by atoms with Crippen molar-refractivity contribution in [3.63, 3.8) is 0 Å². The topological polar surface area (TPSA) is 27.1 Å². The van der Waals surface area contributed by atoms with Crippen molar-refractivity contribution in [1.29, 1.82) is 0 Å². The van der Waals surface area contributed by atoms with Gasteiger partial charge in [0.25, 0.3) is 5.92 Å². The van der Waals surface area contributed by atoms with Crippen LogP contribution in [0.1, 0.15) is 49.0 Å². The highest BCUT2D eigenvalue weighted by Gasteiger charge is 2.58. The molecule has 0 spiro atoms. The van der Waals surface area contributed by atoms with E-state index in [2.05, 4.69) is 21.0 Å². The molecule has 1 aliphatic carbocycles. The molecule has 1 aromatic carbocycles. The summed E-state index contributed by atoms with van der Waals surface area (Å²) in [6.45, 7) is 2.64. The third-order valence-corrected chi connectivity index (χ3v) is 5.54. The standard InChI is InChI=1S/C16H17BrF2N2O/c1-9-6-12-10(15(17)14(9)11-7-16(11,18)19)8-20-21(12)13-4-2-3-5-22-13/h6,8,11,13H,2-5,7H2,1H3. The molecule has 2 unspecified atom stereocenters. The molecule has 0 bridgehead atoms. The highest BCUT2D eigenvalue weighted by atomic mass is 79.9. The number of hydrogen-bond acceptors (Lipinski definition) is 2. The van der Waals surface area contributed by atoms with Gasteiger partial charge in [-0.1, -0.05) is 0 Å². The number of benzene rings is 1. The van der Waals surface area contributed by atoms with Gasteiger partial charge >= 0.3 is 0 Å². The van der Waals surface area contributed by atoms with E-state index in [1.54, 1.807) is 6.20 Å². The van der Waals surface area contributed by atoms with Crippen LogP contribution in [-0.2, 0) is 4.74 Å². The lowest BCUT2D eigenvalue weighted by molar-refractivity contribution is -0.0366. The first-order valence-electron chi connectivity index (χ1n) is 7.64. The fourth-order valence-electron chi connectivity index (χ4n) is 3.39. The van der Waals surface area contributed by atoms with Gasteiger partial charge in [0.05, 0.1) is 17.6 Å². The third-order valence-electron chi connectivity index (χ3n) is 4.69. The van der Waals surface area contributed by atoms with E-state index in [1.807, 2.05) is 17.7 Å². The number of aromatic nitrogens is 2. The van der Waals surface area contributed by atoms with Crippen molar-refractivity contribution < 1.29 is 13.5 Å². The van der Waals surface area contributed by atoms with Gasteiger partial charge in [0.1, 0.15) is 0 Å². The molecule has 2 heterocycles. The van der Waals surface area contributed by atoms with Crippen LogP contribution in [0.15, 0.2) is 16.7 Å². The second-order valence-corrected chi connectivity index (χ2v) is 7.08. The van der Waals surface area contributed by atoms with Gasteiger partial charge < -0.3 is 4.74 Å². The van der Waals surface area contributed by atoms with Crippen LogP contribution < -0.4 is 0 Å². The van der Waals surface area contributed by atoms with Gasteiger partial charge in [-0.05, 0) is 59.3 Å². The van der Waals surface area contributed by atoms with Crippen LogP contribution in [0.4, 0.5) is 8.78 Å². The minimum atomic E-state index is -2.57. The summed E-state index contributed by atoms with van der Waals surface area (Å²) in [4.78, 5) is 0. The van der Waals surface area contributed by atoms with Crippen molar-refractivity contribution in [2.24, 2.45) is 0 Å². The van der Waals surface area contributed by atoms with Crippen LogP contribution in [0.3, 0.4) is 0 Å². The molecule has 22 heavy (non-hydrogen) atoms. The molecule has 118 valence electrons. The molecule has 1 saturated heterocycles. The summed E-state index contributed by atoms with van der Waals surface area (Å²) in [5.41, 5.74) is 2.56. The van der Waals surface area contributed by atoms with Crippen LogP contribution >= 0.6 is 15.9 Å². The number of fused-ring (bicyclic) bond motifs is 1. The number of rotatable bonds is 2. The minimum absolute atomic E-state index is 0.0502. The third kappa shape index (κ3) is 2.19. The second kappa shape index (κ2) is 4.99. The number of nitrogens with zero attached hydrogens (tertiary/aromatic N) is 2. The molecule has 3 nitrogen and oxygen atoms in total. The summed E-state index contributed by atoms with van der Waals surface area (Å²) in [7, 11) is 0. The van der Waals surface area contributed by atoms with E-state index >= 15 is 0 Å². The van der Waals surface area contributed by atoms with Crippen molar-refractivity contribution >= 4 is 26.8 Å². The Hall–Kier alpha value is -1.01. The lowest BCUT2D eigenvalue weighted by Gasteiger charge is -2.23. The van der Waals surface area contributed by atoms with Crippen LogP contribution in [0.25, 0.3) is 10.9 Å². The van der Waals surface area contributed by atoms with Crippen molar-refractivity contribution in [3.05, 3.63) is 27.9 Å².